The molecule has 178 valence electrons. The lowest BCUT2D eigenvalue weighted by atomic mass is 9.84. The van der Waals surface area contributed by atoms with E-state index in [1.165, 1.54) is 5.56 Å². The smallest absolute Gasteiger partial charge is 0.270 e. The van der Waals surface area contributed by atoms with Gasteiger partial charge in [-0.1, -0.05) is 50.2 Å². The first-order valence-electron chi connectivity index (χ1n) is 11.8. The van der Waals surface area contributed by atoms with Crippen LogP contribution in [0.5, 0.6) is 5.75 Å². The second-order valence-electron chi connectivity index (χ2n) is 9.39. The third-order valence-corrected chi connectivity index (χ3v) is 6.52. The Morgan fingerprint density at radius 2 is 1.71 bits per heavy atom. The van der Waals surface area contributed by atoms with Crippen LogP contribution in [0.2, 0.25) is 0 Å². The predicted molar refractivity (Wildman–Crippen MR) is 136 cm³/mol. The molecule has 1 aliphatic heterocycles. The summed E-state index contributed by atoms with van der Waals surface area (Å²) in [4.78, 5) is 16.9. The first-order valence-corrected chi connectivity index (χ1v) is 11.8. The molecular weight excluding hydrogens is 438 g/mol. The van der Waals surface area contributed by atoms with E-state index in [1.807, 2.05) is 36.4 Å². The minimum absolute atomic E-state index is 0.0473. The van der Waals surface area contributed by atoms with Gasteiger partial charge in [-0.2, -0.15) is 5.10 Å². The highest BCUT2D eigenvalue weighted by atomic mass is 16.5. The Kier molecular flexibility index (Phi) is 6.09. The summed E-state index contributed by atoms with van der Waals surface area (Å²) in [5.74, 6) is 0.650. The van der Waals surface area contributed by atoms with Crippen molar-refractivity contribution < 1.29 is 9.53 Å². The molecule has 0 aliphatic carbocycles. The highest BCUT2D eigenvalue weighted by molar-refractivity contribution is 6.03. The zero-order valence-electron chi connectivity index (χ0n) is 20.0. The number of hydrogen-bond acceptors (Lipinski definition) is 5. The number of pyridine rings is 1. The number of rotatable bonds is 7. The molecule has 3 N–H and O–H groups in total. The van der Waals surface area contributed by atoms with Gasteiger partial charge in [0.25, 0.3) is 5.91 Å². The fraction of sp³-hybridized carbons (Fsp3) is 0.250. The van der Waals surface area contributed by atoms with Crippen LogP contribution < -0.4 is 15.8 Å². The zero-order chi connectivity index (χ0) is 24.4. The Labute approximate surface area is 205 Å². The number of ether oxygens (including phenoxy) is 1. The molecular formula is C28H29N5O2. The number of hydrogen-bond donors (Lipinski definition) is 2. The maximum atomic E-state index is 12.7. The molecule has 35 heavy (non-hydrogen) atoms. The molecule has 5 rings (SSSR count). The van der Waals surface area contributed by atoms with Gasteiger partial charge < -0.3 is 15.8 Å². The molecule has 1 aliphatic rings. The van der Waals surface area contributed by atoms with Crippen LogP contribution in [0.4, 0.5) is 0 Å². The first-order chi connectivity index (χ1) is 17.0. The third kappa shape index (κ3) is 4.55. The molecule has 7 heteroatoms. The van der Waals surface area contributed by atoms with Gasteiger partial charge in [0.2, 0.25) is 0 Å². The quantitative estimate of drug-likeness (QED) is 0.425. The molecule has 0 saturated carbocycles. The fourth-order valence-corrected chi connectivity index (χ4v) is 4.25. The van der Waals surface area contributed by atoms with E-state index in [-0.39, 0.29) is 11.3 Å². The highest BCUT2D eigenvalue weighted by Crippen LogP contribution is 2.36. The van der Waals surface area contributed by atoms with E-state index in [1.54, 1.807) is 17.1 Å². The molecule has 1 amide bonds. The molecule has 0 bridgehead atoms. The molecule has 0 spiro atoms. The number of aromatic nitrogens is 3. The van der Waals surface area contributed by atoms with Crippen molar-refractivity contribution in [1.82, 2.24) is 20.1 Å². The van der Waals surface area contributed by atoms with E-state index in [0.29, 0.717) is 31.9 Å². The van der Waals surface area contributed by atoms with Crippen LogP contribution in [0.3, 0.4) is 0 Å². The maximum Gasteiger partial charge on any atom is 0.270 e. The van der Waals surface area contributed by atoms with Crippen molar-refractivity contribution in [3.05, 3.63) is 89.9 Å². The molecule has 0 atom stereocenters. The number of nitrogens with one attached hydrogen (secondary N) is 1. The number of carbonyl (C=O) groups is 1. The van der Waals surface area contributed by atoms with E-state index < -0.39 is 0 Å². The van der Waals surface area contributed by atoms with E-state index >= 15 is 0 Å². The number of carbonyl (C=O) groups excluding carboxylic acids is 1. The minimum Gasteiger partial charge on any atom is -0.489 e. The highest BCUT2D eigenvalue weighted by Gasteiger charge is 2.28. The van der Waals surface area contributed by atoms with E-state index in [0.717, 1.165) is 33.7 Å². The number of amides is 1. The monoisotopic (exact) mass is 467 g/mol. The Hall–Kier alpha value is -3.97. The number of benzene rings is 2. The van der Waals surface area contributed by atoms with Gasteiger partial charge in [0.15, 0.2) is 0 Å². The SMILES string of the molecule is CC(C)(CN)c1ccc(COc2ccc(-c3c(-c4ccncc4)nn4c3C(=O)NCC4)cc2)cc1. The second-order valence-corrected chi connectivity index (χ2v) is 9.39. The van der Waals surface area contributed by atoms with Crippen molar-refractivity contribution in [2.45, 2.75) is 32.4 Å². The van der Waals surface area contributed by atoms with Gasteiger partial charge in [-0.15, -0.1) is 0 Å². The largest absolute Gasteiger partial charge is 0.489 e. The van der Waals surface area contributed by atoms with Crippen molar-refractivity contribution in [3.8, 4) is 28.1 Å². The summed E-state index contributed by atoms with van der Waals surface area (Å²) in [7, 11) is 0. The van der Waals surface area contributed by atoms with Crippen LogP contribution in [-0.2, 0) is 18.6 Å². The summed E-state index contributed by atoms with van der Waals surface area (Å²) >= 11 is 0. The third-order valence-electron chi connectivity index (χ3n) is 6.52. The predicted octanol–water partition coefficient (Wildman–Crippen LogP) is 4.17. The number of fused-ring (bicyclic) bond motifs is 1. The van der Waals surface area contributed by atoms with Crippen molar-refractivity contribution in [2.24, 2.45) is 5.73 Å². The lowest BCUT2D eigenvalue weighted by molar-refractivity contribution is 0.0925. The molecule has 0 unspecified atom stereocenters. The molecule has 2 aromatic carbocycles. The van der Waals surface area contributed by atoms with Crippen molar-refractivity contribution in [3.63, 3.8) is 0 Å². The Morgan fingerprint density at radius 3 is 2.40 bits per heavy atom. The number of nitrogens with zero attached hydrogens (tertiary/aromatic N) is 3. The summed E-state index contributed by atoms with van der Waals surface area (Å²) in [6, 6.07) is 20.0. The van der Waals surface area contributed by atoms with Crippen LogP contribution in [0, 0.1) is 0 Å². The van der Waals surface area contributed by atoms with Crippen LogP contribution in [0.15, 0.2) is 73.1 Å². The summed E-state index contributed by atoms with van der Waals surface area (Å²) in [6.45, 7) is 6.56. The normalized spacial score (nSPS) is 13.3. The summed E-state index contributed by atoms with van der Waals surface area (Å²) in [6.07, 6.45) is 3.47. The van der Waals surface area contributed by atoms with Crippen LogP contribution in [0.1, 0.15) is 35.5 Å². The van der Waals surface area contributed by atoms with E-state index in [4.69, 9.17) is 15.6 Å². The zero-order valence-corrected chi connectivity index (χ0v) is 20.0. The minimum atomic E-state index is -0.111. The summed E-state index contributed by atoms with van der Waals surface area (Å²) < 4.78 is 7.83. The molecule has 0 radical (unpaired) electrons. The average molecular weight is 468 g/mol. The van der Waals surface area contributed by atoms with E-state index in [9.17, 15) is 4.79 Å². The Balaban J connectivity index is 1.38. The van der Waals surface area contributed by atoms with Crippen LogP contribution in [-0.4, -0.2) is 33.8 Å². The van der Waals surface area contributed by atoms with Gasteiger partial charge in [-0.25, -0.2) is 0 Å². The molecule has 0 saturated heterocycles. The summed E-state index contributed by atoms with van der Waals surface area (Å²) in [5.41, 5.74) is 12.2. The van der Waals surface area contributed by atoms with Gasteiger partial charge in [0, 0.05) is 42.0 Å². The lowest BCUT2D eigenvalue weighted by Crippen LogP contribution is -2.35. The lowest BCUT2D eigenvalue weighted by Gasteiger charge is -2.23. The van der Waals surface area contributed by atoms with E-state index in [2.05, 4.69) is 48.4 Å². The van der Waals surface area contributed by atoms with Crippen molar-refractivity contribution >= 4 is 5.91 Å². The van der Waals surface area contributed by atoms with Gasteiger partial charge in [-0.05, 0) is 41.0 Å². The molecule has 7 nitrogen and oxygen atoms in total. The Morgan fingerprint density at radius 1 is 1.00 bits per heavy atom. The molecule has 0 fully saturated rings. The Bertz CT molecular complexity index is 1330. The van der Waals surface area contributed by atoms with Gasteiger partial charge in [0.1, 0.15) is 23.7 Å². The maximum absolute atomic E-state index is 12.7. The topological polar surface area (TPSA) is 95.1 Å². The molecule has 2 aromatic heterocycles. The summed E-state index contributed by atoms with van der Waals surface area (Å²) in [5, 5.41) is 7.70. The van der Waals surface area contributed by atoms with Crippen LogP contribution >= 0.6 is 0 Å². The fourth-order valence-electron chi connectivity index (χ4n) is 4.25. The molecule has 4 aromatic rings. The second kappa shape index (κ2) is 9.35. The van der Waals surface area contributed by atoms with Crippen molar-refractivity contribution in [1.29, 1.82) is 0 Å². The number of nitrogens with two attached hydrogens (primary N) is 1. The molecule has 3 heterocycles. The first kappa shape index (κ1) is 22.8. The van der Waals surface area contributed by atoms with Gasteiger partial charge in [-0.3, -0.25) is 14.5 Å². The van der Waals surface area contributed by atoms with Crippen molar-refractivity contribution in [2.75, 3.05) is 13.1 Å². The van der Waals surface area contributed by atoms with Crippen LogP contribution in [0.25, 0.3) is 22.4 Å². The standard InChI is InChI=1S/C28H29N5O2/c1-28(2,18-29)22-7-3-19(4-8-22)17-35-23-9-5-20(6-10-23)24-25(21-11-13-30-14-12-21)32-33-16-15-31-27(34)26(24)33/h3-14H,15-18,29H2,1-2H3,(H,31,34). The van der Waals surface area contributed by atoms with Gasteiger partial charge >= 0.3 is 0 Å². The van der Waals surface area contributed by atoms with Gasteiger partial charge in [0.05, 0.1) is 6.54 Å². The average Bonchev–Trinajstić information content (AvgIpc) is 3.29.